The minimum absolute atomic E-state index is 0.00679. The Bertz CT molecular complexity index is 959. The van der Waals surface area contributed by atoms with E-state index in [0.717, 1.165) is 9.87 Å². The molecule has 0 saturated heterocycles. The van der Waals surface area contributed by atoms with Crippen molar-refractivity contribution in [2.45, 2.75) is 11.8 Å². The Morgan fingerprint density at radius 3 is 2.29 bits per heavy atom. The Hall–Kier alpha value is -2.78. The predicted molar refractivity (Wildman–Crippen MR) is 106 cm³/mol. The van der Waals surface area contributed by atoms with E-state index >= 15 is 0 Å². The number of nitrogens with zero attached hydrogens (tertiary/aromatic N) is 1. The van der Waals surface area contributed by atoms with Crippen LogP contribution in [-0.2, 0) is 14.8 Å². The zero-order chi connectivity index (χ0) is 20.9. The molecule has 0 aliphatic carbocycles. The molecule has 0 heterocycles. The van der Waals surface area contributed by atoms with Crippen molar-refractivity contribution in [3.8, 4) is 17.2 Å². The van der Waals surface area contributed by atoms with Gasteiger partial charge in [-0.2, -0.15) is 4.31 Å². The fraction of sp³-hybridized carbons (Fsp3) is 0.316. The van der Waals surface area contributed by atoms with Gasteiger partial charge in [-0.1, -0.05) is 6.07 Å². The summed E-state index contributed by atoms with van der Waals surface area (Å²) in [5.74, 6) is 0.676. The van der Waals surface area contributed by atoms with Gasteiger partial charge in [0.15, 0.2) is 0 Å². The summed E-state index contributed by atoms with van der Waals surface area (Å²) in [5, 5.41) is 2.65. The lowest BCUT2D eigenvalue weighted by atomic mass is 10.2. The number of methoxy groups -OCH3 is 3. The Morgan fingerprint density at radius 1 is 1.00 bits per heavy atom. The van der Waals surface area contributed by atoms with Crippen LogP contribution in [0.1, 0.15) is 5.56 Å². The molecule has 152 valence electrons. The Balaban J connectivity index is 2.19. The number of carbonyl (C=O) groups excluding carboxylic acids is 1. The lowest BCUT2D eigenvalue weighted by molar-refractivity contribution is -0.116. The fourth-order valence-electron chi connectivity index (χ4n) is 2.53. The predicted octanol–water partition coefficient (Wildman–Crippen LogP) is 2.28. The summed E-state index contributed by atoms with van der Waals surface area (Å²) < 4.78 is 42.2. The van der Waals surface area contributed by atoms with Gasteiger partial charge in [-0.3, -0.25) is 4.79 Å². The summed E-state index contributed by atoms with van der Waals surface area (Å²) in [6.45, 7) is 1.40. The van der Waals surface area contributed by atoms with Gasteiger partial charge in [0.25, 0.3) is 0 Å². The molecule has 0 radical (unpaired) electrons. The highest BCUT2D eigenvalue weighted by atomic mass is 32.2. The molecule has 9 heteroatoms. The van der Waals surface area contributed by atoms with Crippen molar-refractivity contribution in [1.82, 2.24) is 4.31 Å². The van der Waals surface area contributed by atoms with Crippen LogP contribution in [0.5, 0.6) is 17.2 Å². The smallest absolute Gasteiger partial charge is 0.246 e. The molecule has 0 aromatic heterocycles. The third-order valence-electron chi connectivity index (χ3n) is 4.06. The first-order chi connectivity index (χ1) is 13.2. The second kappa shape index (κ2) is 8.94. The van der Waals surface area contributed by atoms with E-state index in [2.05, 4.69) is 5.32 Å². The van der Waals surface area contributed by atoms with Crippen molar-refractivity contribution in [3.63, 3.8) is 0 Å². The number of carbonyl (C=O) groups is 1. The molecule has 0 bridgehead atoms. The molecule has 28 heavy (non-hydrogen) atoms. The molecule has 0 spiro atoms. The molecule has 2 aromatic rings. The van der Waals surface area contributed by atoms with Gasteiger partial charge >= 0.3 is 0 Å². The number of nitrogens with one attached hydrogen (secondary N) is 1. The van der Waals surface area contributed by atoms with Gasteiger partial charge in [-0.05, 0) is 36.8 Å². The van der Waals surface area contributed by atoms with Crippen LogP contribution >= 0.6 is 0 Å². The molecular formula is C19H24N2O6S. The van der Waals surface area contributed by atoms with Gasteiger partial charge in [-0.25, -0.2) is 8.42 Å². The van der Waals surface area contributed by atoms with E-state index in [4.69, 9.17) is 14.2 Å². The van der Waals surface area contributed by atoms with E-state index in [9.17, 15) is 13.2 Å². The van der Waals surface area contributed by atoms with E-state index in [0.29, 0.717) is 17.2 Å². The number of hydrogen-bond donors (Lipinski definition) is 1. The van der Waals surface area contributed by atoms with E-state index in [1.165, 1.54) is 34.4 Å². The van der Waals surface area contributed by atoms with Crippen LogP contribution < -0.4 is 19.5 Å². The monoisotopic (exact) mass is 408 g/mol. The number of benzene rings is 2. The number of sulfonamides is 1. The molecule has 0 aliphatic heterocycles. The van der Waals surface area contributed by atoms with Gasteiger partial charge in [0.1, 0.15) is 22.1 Å². The van der Waals surface area contributed by atoms with Crippen LogP contribution in [0, 0.1) is 6.92 Å². The number of ether oxygens (including phenoxy) is 3. The van der Waals surface area contributed by atoms with Gasteiger partial charge in [0, 0.05) is 13.1 Å². The number of likely N-dealkylation sites (N-methyl/N-ethyl adjacent to an activating group) is 1. The zero-order valence-corrected chi connectivity index (χ0v) is 17.3. The van der Waals surface area contributed by atoms with Crippen LogP contribution in [0.3, 0.4) is 0 Å². The van der Waals surface area contributed by atoms with Crippen LogP contribution in [0.4, 0.5) is 5.69 Å². The van der Waals surface area contributed by atoms with Crippen LogP contribution in [0.25, 0.3) is 0 Å². The van der Waals surface area contributed by atoms with Gasteiger partial charge in [0.2, 0.25) is 15.9 Å². The molecule has 0 fully saturated rings. The second-order valence-electron chi connectivity index (χ2n) is 6.03. The first-order valence-electron chi connectivity index (χ1n) is 8.35. The van der Waals surface area contributed by atoms with Crippen molar-refractivity contribution in [2.24, 2.45) is 0 Å². The first-order valence-corrected chi connectivity index (χ1v) is 9.79. The van der Waals surface area contributed by atoms with E-state index < -0.39 is 15.9 Å². The molecule has 0 unspecified atom stereocenters. The average Bonchev–Trinajstić information content (AvgIpc) is 2.68. The van der Waals surface area contributed by atoms with Crippen LogP contribution in [0.2, 0.25) is 0 Å². The molecule has 2 rings (SSSR count). The number of rotatable bonds is 8. The number of amides is 1. The highest BCUT2D eigenvalue weighted by molar-refractivity contribution is 7.89. The van der Waals surface area contributed by atoms with Gasteiger partial charge in [0.05, 0.1) is 33.6 Å². The maximum absolute atomic E-state index is 12.9. The third-order valence-corrected chi connectivity index (χ3v) is 5.88. The van der Waals surface area contributed by atoms with Crippen molar-refractivity contribution in [1.29, 1.82) is 0 Å². The maximum atomic E-state index is 12.9. The lowest BCUT2D eigenvalue weighted by Gasteiger charge is -2.19. The van der Waals surface area contributed by atoms with E-state index in [1.807, 2.05) is 0 Å². The Kier molecular flexibility index (Phi) is 6.87. The number of hydrogen-bond acceptors (Lipinski definition) is 6. The summed E-state index contributed by atoms with van der Waals surface area (Å²) >= 11 is 0. The minimum atomic E-state index is -3.92. The third kappa shape index (κ3) is 4.73. The molecule has 0 aliphatic rings. The highest BCUT2D eigenvalue weighted by Crippen LogP contribution is 2.30. The van der Waals surface area contributed by atoms with Crippen molar-refractivity contribution >= 4 is 21.6 Å². The van der Waals surface area contributed by atoms with Gasteiger partial charge < -0.3 is 19.5 Å². The van der Waals surface area contributed by atoms with E-state index in [1.54, 1.807) is 37.3 Å². The minimum Gasteiger partial charge on any atom is -0.497 e. The van der Waals surface area contributed by atoms with Crippen molar-refractivity contribution < 1.29 is 27.4 Å². The molecule has 0 atom stereocenters. The van der Waals surface area contributed by atoms with E-state index in [-0.39, 0.29) is 17.2 Å². The first kappa shape index (κ1) is 21.5. The summed E-state index contributed by atoms with van der Waals surface area (Å²) in [4.78, 5) is 12.4. The maximum Gasteiger partial charge on any atom is 0.246 e. The van der Waals surface area contributed by atoms with Crippen LogP contribution in [-0.4, -0.2) is 53.6 Å². The zero-order valence-electron chi connectivity index (χ0n) is 16.5. The van der Waals surface area contributed by atoms with Gasteiger partial charge in [-0.15, -0.1) is 0 Å². The molecular weight excluding hydrogens is 384 g/mol. The summed E-state index contributed by atoms with van der Waals surface area (Å²) in [6.07, 6.45) is 0. The highest BCUT2D eigenvalue weighted by Gasteiger charge is 2.27. The van der Waals surface area contributed by atoms with Crippen LogP contribution in [0.15, 0.2) is 41.3 Å². The molecule has 0 saturated carbocycles. The average molecular weight is 408 g/mol. The number of aryl methyl sites for hydroxylation is 1. The summed E-state index contributed by atoms with van der Waals surface area (Å²) in [5.41, 5.74) is 1.17. The summed E-state index contributed by atoms with van der Waals surface area (Å²) in [6, 6.07) is 9.74. The molecule has 1 N–H and O–H groups in total. The Labute approximate surface area is 165 Å². The quantitative estimate of drug-likeness (QED) is 0.720. The number of anilines is 1. The topological polar surface area (TPSA) is 94.2 Å². The molecule has 2 aromatic carbocycles. The second-order valence-corrected chi connectivity index (χ2v) is 8.04. The fourth-order valence-corrected chi connectivity index (χ4v) is 3.90. The molecule has 8 nitrogen and oxygen atoms in total. The normalized spacial score (nSPS) is 11.2. The lowest BCUT2D eigenvalue weighted by Crippen LogP contribution is -2.35. The van der Waals surface area contributed by atoms with Crippen molar-refractivity contribution in [3.05, 3.63) is 42.0 Å². The molecule has 1 amide bonds. The summed E-state index contributed by atoms with van der Waals surface area (Å²) in [7, 11) is 1.79. The standard InChI is InChI=1S/C19H24N2O6S/c1-13-6-9-16(26-4)18(10-13)28(23,24)21(2)12-19(22)20-15-8-7-14(25-3)11-17(15)27-5/h6-11H,12H2,1-5H3,(H,20,22). The largest absolute Gasteiger partial charge is 0.497 e. The Morgan fingerprint density at radius 2 is 1.68 bits per heavy atom. The SMILES string of the molecule is COc1ccc(NC(=O)CN(C)S(=O)(=O)c2cc(C)ccc2OC)c(OC)c1. The van der Waals surface area contributed by atoms with Crippen molar-refractivity contribution in [2.75, 3.05) is 40.2 Å².